The van der Waals surface area contributed by atoms with Crippen LogP contribution in [0.25, 0.3) is 6.08 Å². The van der Waals surface area contributed by atoms with Crippen molar-refractivity contribution in [3.8, 4) is 0 Å². The van der Waals surface area contributed by atoms with Crippen LogP contribution in [0.5, 0.6) is 0 Å². The van der Waals surface area contributed by atoms with Crippen LogP contribution < -0.4 is 5.32 Å². The number of ketones is 1. The monoisotopic (exact) mass is 289 g/mol. The summed E-state index contributed by atoms with van der Waals surface area (Å²) in [7, 11) is 0. The molecule has 0 radical (unpaired) electrons. The first-order valence-corrected chi connectivity index (χ1v) is 7.73. The van der Waals surface area contributed by atoms with Gasteiger partial charge in [-0.3, -0.25) is 4.79 Å². The summed E-state index contributed by atoms with van der Waals surface area (Å²) in [4.78, 5) is 11.1. The predicted octanol–water partition coefficient (Wildman–Crippen LogP) is 3.41. The number of allylic oxidation sites excluding steroid dienone is 1. The smallest absolute Gasteiger partial charge is 0.152 e. The third-order valence-electron chi connectivity index (χ3n) is 3.50. The Hall–Kier alpha value is -1.45. The van der Waals surface area contributed by atoms with E-state index >= 15 is 0 Å². The van der Waals surface area contributed by atoms with E-state index in [0.29, 0.717) is 6.54 Å². The molecular weight excluding hydrogens is 262 g/mol. The van der Waals surface area contributed by atoms with Gasteiger partial charge in [-0.15, -0.1) is 0 Å². The topological polar surface area (TPSA) is 49.3 Å². The molecule has 0 fully saturated rings. The SMILES string of the molecule is CCCCCNCC(O)c1cccc(C)c1/C=C\C(C)=O. The van der Waals surface area contributed by atoms with Gasteiger partial charge in [0.25, 0.3) is 0 Å². The van der Waals surface area contributed by atoms with E-state index in [1.54, 1.807) is 12.2 Å². The van der Waals surface area contributed by atoms with Gasteiger partial charge in [0.2, 0.25) is 0 Å². The van der Waals surface area contributed by atoms with E-state index in [2.05, 4.69) is 12.2 Å². The molecule has 0 heterocycles. The molecule has 3 nitrogen and oxygen atoms in total. The van der Waals surface area contributed by atoms with E-state index in [-0.39, 0.29) is 5.78 Å². The lowest BCUT2D eigenvalue weighted by molar-refractivity contribution is -0.112. The number of hydrogen-bond acceptors (Lipinski definition) is 3. The van der Waals surface area contributed by atoms with E-state index < -0.39 is 6.10 Å². The first-order chi connectivity index (χ1) is 10.1. The van der Waals surface area contributed by atoms with Gasteiger partial charge in [-0.1, -0.05) is 44.0 Å². The first-order valence-electron chi connectivity index (χ1n) is 7.73. The van der Waals surface area contributed by atoms with Crippen molar-refractivity contribution < 1.29 is 9.90 Å². The molecule has 0 aliphatic rings. The Kier molecular flexibility index (Phi) is 7.95. The Morgan fingerprint density at radius 3 is 2.81 bits per heavy atom. The molecule has 2 N–H and O–H groups in total. The highest BCUT2D eigenvalue weighted by Crippen LogP contribution is 2.22. The van der Waals surface area contributed by atoms with Crippen LogP contribution in [0.3, 0.4) is 0 Å². The minimum atomic E-state index is -0.557. The Balaban J connectivity index is 2.72. The van der Waals surface area contributed by atoms with Crippen LogP contribution >= 0.6 is 0 Å². The molecule has 0 spiro atoms. The van der Waals surface area contributed by atoms with Crippen molar-refractivity contribution in [2.45, 2.75) is 46.1 Å². The van der Waals surface area contributed by atoms with Gasteiger partial charge in [0.1, 0.15) is 0 Å². The van der Waals surface area contributed by atoms with Crippen LogP contribution in [0.1, 0.15) is 55.9 Å². The summed E-state index contributed by atoms with van der Waals surface area (Å²) in [5.41, 5.74) is 2.88. The summed E-state index contributed by atoms with van der Waals surface area (Å²) in [5.74, 6) is 0.0105. The lowest BCUT2D eigenvalue weighted by Gasteiger charge is -2.16. The van der Waals surface area contributed by atoms with E-state index in [1.807, 2.05) is 25.1 Å². The Morgan fingerprint density at radius 2 is 2.14 bits per heavy atom. The second-order valence-electron chi connectivity index (χ2n) is 5.45. The number of aryl methyl sites for hydroxylation is 1. The van der Waals surface area contributed by atoms with Gasteiger partial charge in [0, 0.05) is 6.54 Å². The van der Waals surface area contributed by atoms with E-state index in [1.165, 1.54) is 19.8 Å². The third-order valence-corrected chi connectivity index (χ3v) is 3.50. The molecule has 0 aliphatic carbocycles. The third kappa shape index (κ3) is 6.23. The van der Waals surface area contributed by atoms with Crippen LogP contribution in [0.2, 0.25) is 0 Å². The molecular formula is C18H27NO2. The largest absolute Gasteiger partial charge is 0.387 e. The van der Waals surface area contributed by atoms with Crippen LogP contribution in [0.4, 0.5) is 0 Å². The lowest BCUT2D eigenvalue weighted by Crippen LogP contribution is -2.23. The molecule has 1 aromatic rings. The van der Waals surface area contributed by atoms with Gasteiger partial charge in [0.15, 0.2) is 5.78 Å². The first kappa shape index (κ1) is 17.6. The number of unbranched alkanes of at least 4 members (excludes halogenated alkanes) is 2. The molecule has 1 rings (SSSR count). The van der Waals surface area contributed by atoms with E-state index in [9.17, 15) is 9.90 Å². The quantitative estimate of drug-likeness (QED) is 0.541. The van der Waals surface area contributed by atoms with E-state index in [0.717, 1.165) is 29.7 Å². The number of hydrogen-bond donors (Lipinski definition) is 2. The minimum Gasteiger partial charge on any atom is -0.387 e. The Morgan fingerprint density at radius 1 is 1.38 bits per heavy atom. The molecule has 1 aromatic carbocycles. The maximum atomic E-state index is 11.1. The number of rotatable bonds is 9. The van der Waals surface area contributed by atoms with Crippen LogP contribution in [-0.4, -0.2) is 24.0 Å². The highest BCUT2D eigenvalue weighted by Gasteiger charge is 2.12. The molecule has 1 unspecified atom stereocenters. The zero-order chi connectivity index (χ0) is 15.7. The van der Waals surface area contributed by atoms with Crippen LogP contribution in [0.15, 0.2) is 24.3 Å². The van der Waals surface area contributed by atoms with Crippen molar-refractivity contribution in [2.75, 3.05) is 13.1 Å². The van der Waals surface area contributed by atoms with Crippen LogP contribution in [-0.2, 0) is 4.79 Å². The van der Waals surface area contributed by atoms with Crippen molar-refractivity contribution >= 4 is 11.9 Å². The summed E-state index contributed by atoms with van der Waals surface area (Å²) in [6, 6.07) is 5.85. The molecule has 3 heteroatoms. The van der Waals surface area contributed by atoms with Crippen molar-refractivity contribution in [1.29, 1.82) is 0 Å². The maximum Gasteiger partial charge on any atom is 0.152 e. The van der Waals surface area contributed by atoms with Gasteiger partial charge in [-0.05, 0) is 49.6 Å². The molecule has 1 atom stereocenters. The fourth-order valence-electron chi connectivity index (χ4n) is 2.27. The van der Waals surface area contributed by atoms with Gasteiger partial charge in [-0.25, -0.2) is 0 Å². The molecule has 116 valence electrons. The molecule has 0 amide bonds. The summed E-state index contributed by atoms with van der Waals surface area (Å²) >= 11 is 0. The second-order valence-corrected chi connectivity index (χ2v) is 5.45. The number of aliphatic hydroxyl groups is 1. The minimum absolute atomic E-state index is 0.0105. The summed E-state index contributed by atoms with van der Waals surface area (Å²) in [6.45, 7) is 7.16. The zero-order valence-electron chi connectivity index (χ0n) is 13.4. The highest BCUT2D eigenvalue weighted by molar-refractivity contribution is 5.91. The number of benzene rings is 1. The van der Waals surface area contributed by atoms with Crippen molar-refractivity contribution in [3.05, 3.63) is 41.0 Å². The van der Waals surface area contributed by atoms with Crippen LogP contribution in [0, 0.1) is 6.92 Å². The molecule has 0 saturated carbocycles. The molecule has 0 aromatic heterocycles. The molecule has 21 heavy (non-hydrogen) atoms. The predicted molar refractivity (Wildman–Crippen MR) is 88.2 cm³/mol. The Labute approximate surface area is 128 Å². The average molecular weight is 289 g/mol. The highest BCUT2D eigenvalue weighted by atomic mass is 16.3. The van der Waals surface area contributed by atoms with Gasteiger partial charge < -0.3 is 10.4 Å². The standard InChI is InChI=1S/C18H27NO2/c1-4-5-6-12-19-13-18(21)17-9-7-8-14(2)16(17)11-10-15(3)20/h7-11,18-19,21H,4-6,12-13H2,1-3H3/b11-10-. The maximum absolute atomic E-state index is 11.1. The van der Waals surface area contributed by atoms with Gasteiger partial charge in [0.05, 0.1) is 6.10 Å². The number of nitrogens with one attached hydrogen (secondary N) is 1. The van der Waals surface area contributed by atoms with Crippen molar-refractivity contribution in [1.82, 2.24) is 5.32 Å². The summed E-state index contributed by atoms with van der Waals surface area (Å²) < 4.78 is 0. The Bertz CT molecular complexity index is 480. The fourth-order valence-corrected chi connectivity index (χ4v) is 2.27. The van der Waals surface area contributed by atoms with E-state index in [4.69, 9.17) is 0 Å². The summed E-state index contributed by atoms with van der Waals surface area (Å²) in [6.07, 6.45) is 6.33. The number of carbonyl (C=O) groups excluding carboxylic acids is 1. The molecule has 0 saturated heterocycles. The average Bonchev–Trinajstić information content (AvgIpc) is 2.45. The lowest BCUT2D eigenvalue weighted by atomic mass is 9.97. The molecule has 0 bridgehead atoms. The van der Waals surface area contributed by atoms with Crippen molar-refractivity contribution in [2.24, 2.45) is 0 Å². The van der Waals surface area contributed by atoms with Gasteiger partial charge >= 0.3 is 0 Å². The number of carbonyl (C=O) groups is 1. The fraction of sp³-hybridized carbons (Fsp3) is 0.500. The normalized spacial score (nSPS) is 12.8. The molecule has 0 aliphatic heterocycles. The number of aliphatic hydroxyl groups excluding tert-OH is 1. The summed E-state index contributed by atoms with van der Waals surface area (Å²) in [5, 5.41) is 13.7. The van der Waals surface area contributed by atoms with Gasteiger partial charge in [-0.2, -0.15) is 0 Å². The zero-order valence-corrected chi connectivity index (χ0v) is 13.4. The van der Waals surface area contributed by atoms with Crippen molar-refractivity contribution in [3.63, 3.8) is 0 Å². The second kappa shape index (κ2) is 9.48.